The molecule has 2 heterocycles. The molecular formula is C18H21NO4S. The molecule has 1 fully saturated rings. The molecule has 1 aliphatic rings. The fourth-order valence-electron chi connectivity index (χ4n) is 2.83. The largest absolute Gasteiger partial charge is 0.481 e. The van der Waals surface area contributed by atoms with E-state index in [1.54, 1.807) is 11.8 Å². The van der Waals surface area contributed by atoms with Gasteiger partial charge in [-0.1, -0.05) is 29.5 Å². The third-order valence-electron chi connectivity index (χ3n) is 4.23. The number of likely N-dealkylation sites (tertiary alicyclic amines) is 1. The summed E-state index contributed by atoms with van der Waals surface area (Å²) in [6.07, 6.45) is -0.286. The highest BCUT2D eigenvalue weighted by atomic mass is 32.2. The first-order valence-electron chi connectivity index (χ1n) is 7.98. The summed E-state index contributed by atoms with van der Waals surface area (Å²) >= 11 is 1.57. The molecule has 2 aromatic rings. The summed E-state index contributed by atoms with van der Waals surface area (Å²) in [6.45, 7) is 3.63. The molecule has 0 aliphatic carbocycles. The van der Waals surface area contributed by atoms with Crippen molar-refractivity contribution < 1.29 is 19.4 Å². The van der Waals surface area contributed by atoms with Crippen molar-refractivity contribution in [1.29, 1.82) is 0 Å². The number of piperidine rings is 1. The number of rotatable bonds is 5. The topological polar surface area (TPSA) is 73.9 Å². The Morgan fingerprint density at radius 1 is 1.29 bits per heavy atom. The average Bonchev–Trinajstić information content (AvgIpc) is 2.98. The standard InChI is InChI=1S/C18H21NO4S/c1-12-2-5-14(6-3-12)24-17-7-4-13(23-17)10-19-9-8-16(20)15(11-19)18(21)22/h2-7,15-16,20H,8-11H2,1H3,(H,21,22)/t15-,16-/m1/s1. The lowest BCUT2D eigenvalue weighted by Crippen LogP contribution is -2.46. The minimum atomic E-state index is -0.942. The van der Waals surface area contributed by atoms with Crippen LogP contribution in [0.3, 0.4) is 0 Å². The second-order valence-electron chi connectivity index (χ2n) is 6.17. The molecule has 0 bridgehead atoms. The maximum Gasteiger partial charge on any atom is 0.310 e. The van der Waals surface area contributed by atoms with Crippen molar-refractivity contribution in [3.8, 4) is 0 Å². The van der Waals surface area contributed by atoms with E-state index in [4.69, 9.17) is 9.52 Å². The van der Waals surface area contributed by atoms with Crippen LogP contribution < -0.4 is 0 Å². The molecule has 2 atom stereocenters. The van der Waals surface area contributed by atoms with E-state index in [1.807, 2.05) is 17.0 Å². The van der Waals surface area contributed by atoms with Gasteiger partial charge in [0.15, 0.2) is 5.09 Å². The van der Waals surface area contributed by atoms with Gasteiger partial charge in [0.05, 0.1) is 18.6 Å². The minimum absolute atomic E-state index is 0.345. The highest BCUT2D eigenvalue weighted by molar-refractivity contribution is 7.99. The van der Waals surface area contributed by atoms with Crippen molar-refractivity contribution in [2.24, 2.45) is 5.92 Å². The highest BCUT2D eigenvalue weighted by Crippen LogP contribution is 2.30. The normalized spacial score (nSPS) is 21.8. The Hall–Kier alpha value is -1.76. The Labute approximate surface area is 145 Å². The molecule has 128 valence electrons. The molecule has 3 rings (SSSR count). The summed E-state index contributed by atoms with van der Waals surface area (Å²) in [7, 11) is 0. The molecule has 1 saturated heterocycles. The average molecular weight is 347 g/mol. The van der Waals surface area contributed by atoms with Gasteiger partial charge in [0.1, 0.15) is 5.76 Å². The van der Waals surface area contributed by atoms with Gasteiger partial charge in [-0.25, -0.2) is 0 Å². The summed E-state index contributed by atoms with van der Waals surface area (Å²) < 4.78 is 5.85. The van der Waals surface area contributed by atoms with E-state index in [0.29, 0.717) is 26.1 Å². The summed E-state index contributed by atoms with van der Waals surface area (Å²) in [4.78, 5) is 14.3. The Bertz CT molecular complexity index is 697. The fraction of sp³-hybridized carbons (Fsp3) is 0.389. The first-order valence-corrected chi connectivity index (χ1v) is 8.79. The van der Waals surface area contributed by atoms with Crippen molar-refractivity contribution in [2.75, 3.05) is 13.1 Å². The van der Waals surface area contributed by atoms with Crippen LogP contribution in [0.1, 0.15) is 17.7 Å². The van der Waals surface area contributed by atoms with E-state index in [1.165, 1.54) is 5.56 Å². The zero-order valence-corrected chi connectivity index (χ0v) is 14.3. The third kappa shape index (κ3) is 4.20. The molecule has 1 aromatic heterocycles. The molecule has 24 heavy (non-hydrogen) atoms. The number of aliphatic hydroxyl groups is 1. The van der Waals surface area contributed by atoms with Crippen LogP contribution in [0.15, 0.2) is 50.8 Å². The van der Waals surface area contributed by atoms with Gasteiger partial charge in [0.2, 0.25) is 0 Å². The van der Waals surface area contributed by atoms with Crippen LogP contribution >= 0.6 is 11.8 Å². The molecule has 0 saturated carbocycles. The van der Waals surface area contributed by atoms with Gasteiger partial charge in [-0.3, -0.25) is 9.69 Å². The SMILES string of the molecule is Cc1ccc(Sc2ccc(CN3CC[C@@H](O)[C@H](C(=O)O)C3)o2)cc1. The molecule has 0 spiro atoms. The lowest BCUT2D eigenvalue weighted by atomic mass is 9.95. The molecular weight excluding hydrogens is 326 g/mol. The van der Waals surface area contributed by atoms with Crippen molar-refractivity contribution in [1.82, 2.24) is 4.90 Å². The molecule has 1 aromatic carbocycles. The maximum atomic E-state index is 11.2. The summed E-state index contributed by atoms with van der Waals surface area (Å²) in [5.74, 6) is -0.859. The maximum absolute atomic E-state index is 11.2. The smallest absolute Gasteiger partial charge is 0.310 e. The van der Waals surface area contributed by atoms with E-state index in [-0.39, 0.29) is 0 Å². The van der Waals surface area contributed by atoms with Gasteiger partial charge in [-0.05, 0) is 37.6 Å². The Balaban J connectivity index is 1.59. The van der Waals surface area contributed by atoms with E-state index >= 15 is 0 Å². The second kappa shape index (κ2) is 7.42. The van der Waals surface area contributed by atoms with Crippen LogP contribution in [-0.4, -0.2) is 40.3 Å². The molecule has 2 N–H and O–H groups in total. The van der Waals surface area contributed by atoms with Gasteiger partial charge in [-0.2, -0.15) is 0 Å². The van der Waals surface area contributed by atoms with Crippen molar-refractivity contribution >= 4 is 17.7 Å². The van der Waals surface area contributed by atoms with E-state index in [0.717, 1.165) is 15.7 Å². The van der Waals surface area contributed by atoms with Crippen LogP contribution in [0.4, 0.5) is 0 Å². The van der Waals surface area contributed by atoms with Crippen molar-refractivity contribution in [3.63, 3.8) is 0 Å². The van der Waals surface area contributed by atoms with E-state index in [9.17, 15) is 9.90 Å². The predicted molar refractivity (Wildman–Crippen MR) is 91.0 cm³/mol. The Morgan fingerprint density at radius 3 is 2.75 bits per heavy atom. The quantitative estimate of drug-likeness (QED) is 0.866. The number of carboxylic acid groups (broad SMARTS) is 1. The highest BCUT2D eigenvalue weighted by Gasteiger charge is 2.33. The van der Waals surface area contributed by atoms with Crippen LogP contribution in [-0.2, 0) is 11.3 Å². The molecule has 0 unspecified atom stereocenters. The number of aliphatic carboxylic acids is 1. The molecule has 0 amide bonds. The third-order valence-corrected chi connectivity index (χ3v) is 5.16. The number of carboxylic acids is 1. The Kier molecular flexibility index (Phi) is 5.28. The number of hydrogen-bond donors (Lipinski definition) is 2. The lowest BCUT2D eigenvalue weighted by molar-refractivity contribution is -0.149. The van der Waals surface area contributed by atoms with Crippen molar-refractivity contribution in [2.45, 2.75) is 36.0 Å². The number of furan rings is 1. The lowest BCUT2D eigenvalue weighted by Gasteiger charge is -2.33. The number of benzene rings is 1. The summed E-state index contributed by atoms with van der Waals surface area (Å²) in [5, 5.41) is 19.8. The zero-order chi connectivity index (χ0) is 17.1. The number of aliphatic hydroxyl groups excluding tert-OH is 1. The van der Waals surface area contributed by atoms with E-state index in [2.05, 4.69) is 31.2 Å². The minimum Gasteiger partial charge on any atom is -0.481 e. The molecule has 6 heteroatoms. The number of carbonyl (C=O) groups is 1. The number of aryl methyl sites for hydroxylation is 1. The monoisotopic (exact) mass is 347 g/mol. The summed E-state index contributed by atoms with van der Waals surface area (Å²) in [5.41, 5.74) is 1.22. The van der Waals surface area contributed by atoms with E-state index < -0.39 is 18.0 Å². The molecule has 5 nitrogen and oxygen atoms in total. The summed E-state index contributed by atoms with van der Waals surface area (Å²) in [6, 6.07) is 12.1. The van der Waals surface area contributed by atoms with Gasteiger partial charge in [-0.15, -0.1) is 0 Å². The van der Waals surface area contributed by atoms with Crippen LogP contribution in [0.5, 0.6) is 0 Å². The van der Waals surface area contributed by atoms with Crippen LogP contribution in [0, 0.1) is 12.8 Å². The number of hydrogen-bond acceptors (Lipinski definition) is 5. The number of nitrogens with zero attached hydrogens (tertiary/aromatic N) is 1. The van der Waals surface area contributed by atoms with Gasteiger partial charge in [0.25, 0.3) is 0 Å². The first kappa shape index (κ1) is 17.1. The fourth-order valence-corrected chi connectivity index (χ4v) is 3.62. The van der Waals surface area contributed by atoms with Crippen LogP contribution in [0.25, 0.3) is 0 Å². The van der Waals surface area contributed by atoms with Crippen molar-refractivity contribution in [3.05, 3.63) is 47.7 Å². The first-order chi connectivity index (χ1) is 11.5. The van der Waals surface area contributed by atoms with Crippen LogP contribution in [0.2, 0.25) is 0 Å². The van der Waals surface area contributed by atoms with Gasteiger partial charge >= 0.3 is 5.97 Å². The molecule has 0 radical (unpaired) electrons. The van der Waals surface area contributed by atoms with Gasteiger partial charge < -0.3 is 14.6 Å². The Morgan fingerprint density at radius 2 is 2.04 bits per heavy atom. The predicted octanol–water partition coefficient (Wildman–Crippen LogP) is 3.01. The zero-order valence-electron chi connectivity index (χ0n) is 13.5. The molecule has 1 aliphatic heterocycles. The van der Waals surface area contributed by atoms with Gasteiger partial charge in [0, 0.05) is 18.0 Å². The second-order valence-corrected chi connectivity index (χ2v) is 7.25.